The summed E-state index contributed by atoms with van der Waals surface area (Å²) >= 11 is 0. The number of halogens is 1. The van der Waals surface area contributed by atoms with Crippen LogP contribution in [0, 0.1) is 5.82 Å². The maximum atomic E-state index is 13.2. The molecule has 0 aliphatic heterocycles. The van der Waals surface area contributed by atoms with E-state index in [2.05, 4.69) is 0 Å². The molecule has 72 valence electrons. The molecule has 0 aliphatic rings. The van der Waals surface area contributed by atoms with Gasteiger partial charge in [-0.2, -0.15) is 0 Å². The molecule has 1 aromatic carbocycles. The normalized spacial score (nSPS) is 11.5. The second kappa shape index (κ2) is 3.33. The Morgan fingerprint density at radius 3 is 2.62 bits per heavy atom. The number of sulfone groups is 1. The molecule has 0 fully saturated rings. The van der Waals surface area contributed by atoms with Crippen molar-refractivity contribution in [3.8, 4) is 0 Å². The Kier molecular flexibility index (Phi) is 2.56. The molecule has 0 aliphatic carbocycles. The van der Waals surface area contributed by atoms with Crippen molar-refractivity contribution in [3.05, 3.63) is 24.0 Å². The topological polar surface area (TPSA) is 60.2 Å². The standard InChI is InChI=1S/C8H10FNO2S/c1-2-13(11,12)7-5-3-4-6(10)8(7)9/h3-5H,2,10H2,1H3. The van der Waals surface area contributed by atoms with E-state index in [4.69, 9.17) is 5.73 Å². The summed E-state index contributed by atoms with van der Waals surface area (Å²) < 4.78 is 35.7. The van der Waals surface area contributed by atoms with Crippen LogP contribution in [0.25, 0.3) is 0 Å². The summed E-state index contributed by atoms with van der Waals surface area (Å²) in [4.78, 5) is -0.324. The molecule has 0 saturated carbocycles. The first kappa shape index (κ1) is 9.98. The predicted octanol–water partition coefficient (Wildman–Crippen LogP) is 1.20. The van der Waals surface area contributed by atoms with E-state index in [0.29, 0.717) is 0 Å². The summed E-state index contributed by atoms with van der Waals surface area (Å²) in [5.74, 6) is -0.989. The smallest absolute Gasteiger partial charge is 0.181 e. The van der Waals surface area contributed by atoms with Gasteiger partial charge in [-0.15, -0.1) is 0 Å². The highest BCUT2D eigenvalue weighted by Gasteiger charge is 2.17. The van der Waals surface area contributed by atoms with Crippen LogP contribution in [-0.4, -0.2) is 14.2 Å². The van der Waals surface area contributed by atoms with Gasteiger partial charge in [-0.25, -0.2) is 12.8 Å². The number of hydrogen-bond donors (Lipinski definition) is 1. The Morgan fingerprint density at radius 1 is 1.46 bits per heavy atom. The Bertz CT molecular complexity index is 414. The van der Waals surface area contributed by atoms with Crippen LogP contribution >= 0.6 is 0 Å². The molecule has 5 heteroatoms. The monoisotopic (exact) mass is 203 g/mol. The van der Waals surface area contributed by atoms with Crippen LogP contribution in [0.4, 0.5) is 10.1 Å². The van der Waals surface area contributed by atoms with Crippen LogP contribution in [0.5, 0.6) is 0 Å². The molecule has 1 rings (SSSR count). The molecular formula is C8H10FNO2S. The van der Waals surface area contributed by atoms with Crippen molar-refractivity contribution in [1.82, 2.24) is 0 Å². The van der Waals surface area contributed by atoms with Gasteiger partial charge in [0.2, 0.25) is 0 Å². The lowest BCUT2D eigenvalue weighted by Crippen LogP contribution is -2.07. The summed E-state index contributed by atoms with van der Waals surface area (Å²) in [6.45, 7) is 1.46. The van der Waals surface area contributed by atoms with Gasteiger partial charge in [0.05, 0.1) is 11.4 Å². The predicted molar refractivity (Wildman–Crippen MR) is 48.5 cm³/mol. The zero-order chi connectivity index (χ0) is 10.1. The highest BCUT2D eigenvalue weighted by molar-refractivity contribution is 7.91. The number of benzene rings is 1. The molecule has 1 aromatic rings. The Hall–Kier alpha value is -1.10. The third kappa shape index (κ3) is 1.80. The number of rotatable bonds is 2. The molecule has 0 atom stereocenters. The molecular weight excluding hydrogens is 193 g/mol. The molecule has 0 unspecified atom stereocenters. The SMILES string of the molecule is CCS(=O)(=O)c1cccc(N)c1F. The van der Waals surface area contributed by atoms with Crippen LogP contribution < -0.4 is 5.73 Å². The summed E-state index contributed by atoms with van der Waals surface area (Å²) in [5.41, 5.74) is 5.09. The molecule has 2 N–H and O–H groups in total. The van der Waals surface area contributed by atoms with Gasteiger partial charge in [0.1, 0.15) is 4.90 Å². The molecule has 0 heterocycles. The minimum absolute atomic E-state index is 0.132. The Labute approximate surface area is 76.3 Å². The van der Waals surface area contributed by atoms with E-state index in [-0.39, 0.29) is 16.3 Å². The number of anilines is 1. The fourth-order valence-corrected chi connectivity index (χ4v) is 1.91. The first-order chi connectivity index (χ1) is 5.99. The zero-order valence-electron chi connectivity index (χ0n) is 7.12. The first-order valence-corrected chi connectivity index (χ1v) is 5.41. The van der Waals surface area contributed by atoms with Crippen molar-refractivity contribution in [2.24, 2.45) is 0 Å². The van der Waals surface area contributed by atoms with Crippen molar-refractivity contribution < 1.29 is 12.8 Å². The van der Waals surface area contributed by atoms with Gasteiger partial charge < -0.3 is 5.73 Å². The molecule has 0 bridgehead atoms. The van der Waals surface area contributed by atoms with Gasteiger partial charge in [0.15, 0.2) is 15.7 Å². The van der Waals surface area contributed by atoms with Crippen LogP contribution in [0.2, 0.25) is 0 Å². The highest BCUT2D eigenvalue weighted by atomic mass is 32.2. The van der Waals surface area contributed by atoms with Gasteiger partial charge in [-0.1, -0.05) is 13.0 Å². The van der Waals surface area contributed by atoms with Gasteiger partial charge in [0, 0.05) is 0 Å². The Morgan fingerprint density at radius 2 is 2.08 bits per heavy atom. The third-order valence-corrected chi connectivity index (χ3v) is 3.45. The number of nitrogen functional groups attached to an aromatic ring is 1. The molecule has 0 aromatic heterocycles. The second-order valence-corrected chi connectivity index (χ2v) is 4.81. The summed E-state index contributed by atoms with van der Waals surface area (Å²) in [7, 11) is -3.51. The molecule has 0 radical (unpaired) electrons. The van der Waals surface area contributed by atoms with Crippen molar-refractivity contribution in [2.45, 2.75) is 11.8 Å². The molecule has 3 nitrogen and oxygen atoms in total. The first-order valence-electron chi connectivity index (χ1n) is 3.75. The fourth-order valence-electron chi connectivity index (χ4n) is 0.923. The average Bonchev–Trinajstić information content (AvgIpc) is 2.09. The summed E-state index contributed by atoms with van der Waals surface area (Å²) in [6.07, 6.45) is 0. The van der Waals surface area contributed by atoms with Crippen LogP contribution in [0.3, 0.4) is 0 Å². The quantitative estimate of drug-likeness (QED) is 0.735. The lowest BCUT2D eigenvalue weighted by molar-refractivity contribution is 0.570. The van der Waals surface area contributed by atoms with E-state index in [0.717, 1.165) is 0 Å². The van der Waals surface area contributed by atoms with E-state index in [1.807, 2.05) is 0 Å². The minimum atomic E-state index is -3.51. The van der Waals surface area contributed by atoms with E-state index < -0.39 is 15.7 Å². The average molecular weight is 203 g/mol. The number of hydrogen-bond acceptors (Lipinski definition) is 3. The number of nitrogens with two attached hydrogens (primary N) is 1. The maximum absolute atomic E-state index is 13.2. The highest BCUT2D eigenvalue weighted by Crippen LogP contribution is 2.20. The van der Waals surface area contributed by atoms with Gasteiger partial charge >= 0.3 is 0 Å². The summed E-state index contributed by atoms with van der Waals surface area (Å²) in [6, 6.07) is 3.95. The van der Waals surface area contributed by atoms with E-state index in [1.165, 1.54) is 25.1 Å². The van der Waals surface area contributed by atoms with Crippen molar-refractivity contribution in [1.29, 1.82) is 0 Å². The van der Waals surface area contributed by atoms with E-state index in [1.54, 1.807) is 0 Å². The minimum Gasteiger partial charge on any atom is -0.396 e. The zero-order valence-corrected chi connectivity index (χ0v) is 7.94. The molecule has 0 amide bonds. The van der Waals surface area contributed by atoms with Gasteiger partial charge in [-0.3, -0.25) is 0 Å². The molecule has 0 spiro atoms. The van der Waals surface area contributed by atoms with Gasteiger partial charge in [-0.05, 0) is 12.1 Å². The van der Waals surface area contributed by atoms with Crippen LogP contribution in [0.15, 0.2) is 23.1 Å². The van der Waals surface area contributed by atoms with Crippen LogP contribution in [-0.2, 0) is 9.84 Å². The van der Waals surface area contributed by atoms with Crippen molar-refractivity contribution >= 4 is 15.5 Å². The Balaban J connectivity index is 3.40. The third-order valence-electron chi connectivity index (χ3n) is 1.71. The molecule has 0 saturated heterocycles. The van der Waals surface area contributed by atoms with E-state index >= 15 is 0 Å². The van der Waals surface area contributed by atoms with Crippen LogP contribution in [0.1, 0.15) is 6.92 Å². The summed E-state index contributed by atoms with van der Waals surface area (Å²) in [5, 5.41) is 0. The maximum Gasteiger partial charge on any atom is 0.181 e. The lowest BCUT2D eigenvalue weighted by Gasteiger charge is -2.04. The van der Waals surface area contributed by atoms with Gasteiger partial charge in [0.25, 0.3) is 0 Å². The second-order valence-electron chi connectivity index (χ2n) is 2.56. The fraction of sp³-hybridized carbons (Fsp3) is 0.250. The lowest BCUT2D eigenvalue weighted by atomic mass is 10.3. The van der Waals surface area contributed by atoms with E-state index in [9.17, 15) is 12.8 Å². The largest absolute Gasteiger partial charge is 0.396 e. The van der Waals surface area contributed by atoms with Crippen molar-refractivity contribution in [3.63, 3.8) is 0 Å². The van der Waals surface area contributed by atoms with Crippen molar-refractivity contribution in [2.75, 3.05) is 11.5 Å². The molecule has 13 heavy (non-hydrogen) atoms.